The summed E-state index contributed by atoms with van der Waals surface area (Å²) in [7, 11) is 0. The maximum absolute atomic E-state index is 5.56. The molecule has 0 spiro atoms. The third-order valence-corrected chi connectivity index (χ3v) is 2.39. The van der Waals surface area contributed by atoms with Gasteiger partial charge in [0, 0.05) is 18.9 Å². The van der Waals surface area contributed by atoms with E-state index in [9.17, 15) is 0 Å². The van der Waals surface area contributed by atoms with Crippen molar-refractivity contribution in [3.05, 3.63) is 10.0 Å². The standard InChI is InChI=1S/C7H11ClN2OS/c1-2-11-5-7-10-9-6(12-7)3-4-8/h2-5H2,1H3. The Kier molecular flexibility index (Phi) is 4.50. The second kappa shape index (κ2) is 5.45. The minimum atomic E-state index is 0.566. The third-order valence-electron chi connectivity index (χ3n) is 1.25. The van der Waals surface area contributed by atoms with Gasteiger partial charge in [-0.2, -0.15) is 0 Å². The van der Waals surface area contributed by atoms with Gasteiger partial charge in [-0.1, -0.05) is 11.3 Å². The molecule has 0 fully saturated rings. The van der Waals surface area contributed by atoms with Crippen LogP contribution >= 0.6 is 22.9 Å². The van der Waals surface area contributed by atoms with Crippen molar-refractivity contribution in [3.8, 4) is 0 Å². The van der Waals surface area contributed by atoms with Crippen LogP contribution in [0.4, 0.5) is 0 Å². The van der Waals surface area contributed by atoms with E-state index in [1.807, 2.05) is 6.92 Å². The lowest BCUT2D eigenvalue weighted by Crippen LogP contribution is -1.90. The molecule has 0 unspecified atom stereocenters. The average Bonchev–Trinajstić information content (AvgIpc) is 2.50. The SMILES string of the molecule is CCOCc1nnc(CCCl)s1. The van der Waals surface area contributed by atoms with Gasteiger partial charge in [-0.15, -0.1) is 21.8 Å². The minimum Gasteiger partial charge on any atom is -0.374 e. The Labute approximate surface area is 80.7 Å². The highest BCUT2D eigenvalue weighted by molar-refractivity contribution is 7.11. The van der Waals surface area contributed by atoms with E-state index < -0.39 is 0 Å². The van der Waals surface area contributed by atoms with Crippen molar-refractivity contribution in [1.29, 1.82) is 0 Å². The van der Waals surface area contributed by atoms with Crippen molar-refractivity contribution in [2.24, 2.45) is 0 Å². The van der Waals surface area contributed by atoms with Crippen molar-refractivity contribution < 1.29 is 4.74 Å². The molecule has 68 valence electrons. The number of nitrogens with zero attached hydrogens (tertiary/aromatic N) is 2. The van der Waals surface area contributed by atoms with Gasteiger partial charge in [0.2, 0.25) is 0 Å². The molecule has 0 bridgehead atoms. The van der Waals surface area contributed by atoms with Crippen molar-refractivity contribution in [1.82, 2.24) is 10.2 Å². The van der Waals surface area contributed by atoms with E-state index in [-0.39, 0.29) is 0 Å². The van der Waals surface area contributed by atoms with E-state index in [4.69, 9.17) is 16.3 Å². The molecule has 1 heterocycles. The summed E-state index contributed by atoms with van der Waals surface area (Å²) in [5.74, 6) is 0.600. The molecule has 1 rings (SSSR count). The monoisotopic (exact) mass is 206 g/mol. The normalized spacial score (nSPS) is 10.5. The summed E-state index contributed by atoms with van der Waals surface area (Å²) in [6.45, 7) is 3.24. The largest absolute Gasteiger partial charge is 0.374 e. The number of alkyl halides is 1. The van der Waals surface area contributed by atoms with Crippen LogP contribution < -0.4 is 0 Å². The fraction of sp³-hybridized carbons (Fsp3) is 0.714. The van der Waals surface area contributed by atoms with Crippen LogP contribution in [0.5, 0.6) is 0 Å². The molecule has 0 aliphatic rings. The van der Waals surface area contributed by atoms with Gasteiger partial charge in [0.1, 0.15) is 16.6 Å². The highest BCUT2D eigenvalue weighted by atomic mass is 35.5. The van der Waals surface area contributed by atoms with Crippen LogP contribution in [-0.4, -0.2) is 22.7 Å². The molecule has 0 aliphatic heterocycles. The van der Waals surface area contributed by atoms with E-state index in [0.717, 1.165) is 16.4 Å². The molecule has 12 heavy (non-hydrogen) atoms. The Bertz CT molecular complexity index is 229. The van der Waals surface area contributed by atoms with E-state index >= 15 is 0 Å². The van der Waals surface area contributed by atoms with Crippen LogP contribution in [-0.2, 0) is 17.8 Å². The predicted molar refractivity (Wildman–Crippen MR) is 49.7 cm³/mol. The number of aromatic nitrogens is 2. The first-order chi connectivity index (χ1) is 5.86. The van der Waals surface area contributed by atoms with Crippen LogP contribution in [0, 0.1) is 0 Å². The van der Waals surface area contributed by atoms with Gasteiger partial charge in [-0.3, -0.25) is 0 Å². The molecule has 5 heteroatoms. The number of rotatable bonds is 5. The number of halogens is 1. The summed E-state index contributed by atoms with van der Waals surface area (Å²) in [5.41, 5.74) is 0. The van der Waals surface area contributed by atoms with E-state index in [1.54, 1.807) is 11.3 Å². The lowest BCUT2D eigenvalue weighted by atomic mass is 10.5. The van der Waals surface area contributed by atoms with Gasteiger partial charge in [0.25, 0.3) is 0 Å². The fourth-order valence-electron chi connectivity index (χ4n) is 0.718. The predicted octanol–water partition coefficient (Wildman–Crippen LogP) is 1.86. The lowest BCUT2D eigenvalue weighted by Gasteiger charge is -1.92. The number of aryl methyl sites for hydroxylation is 1. The molecule has 0 aromatic carbocycles. The molecule has 0 saturated carbocycles. The van der Waals surface area contributed by atoms with Gasteiger partial charge >= 0.3 is 0 Å². The van der Waals surface area contributed by atoms with Gasteiger partial charge < -0.3 is 4.74 Å². The van der Waals surface area contributed by atoms with E-state index in [2.05, 4.69) is 10.2 Å². The number of hydrogen-bond acceptors (Lipinski definition) is 4. The van der Waals surface area contributed by atoms with Crippen LogP contribution in [0.15, 0.2) is 0 Å². The second-order valence-electron chi connectivity index (χ2n) is 2.17. The summed E-state index contributed by atoms with van der Waals surface area (Å²) in [6.07, 6.45) is 0.797. The van der Waals surface area contributed by atoms with Crippen LogP contribution in [0.1, 0.15) is 16.9 Å². The number of ether oxygens (including phenoxy) is 1. The zero-order valence-corrected chi connectivity index (χ0v) is 8.49. The maximum Gasteiger partial charge on any atom is 0.143 e. The van der Waals surface area contributed by atoms with Crippen molar-refractivity contribution in [3.63, 3.8) is 0 Å². The molecule has 0 amide bonds. The third kappa shape index (κ3) is 3.05. The smallest absolute Gasteiger partial charge is 0.143 e. The van der Waals surface area contributed by atoms with Gasteiger partial charge in [0.05, 0.1) is 0 Å². The van der Waals surface area contributed by atoms with Gasteiger partial charge in [-0.05, 0) is 6.92 Å². The highest BCUT2D eigenvalue weighted by Crippen LogP contribution is 2.11. The Hall–Kier alpha value is -0.190. The lowest BCUT2D eigenvalue weighted by molar-refractivity contribution is 0.133. The summed E-state index contributed by atoms with van der Waals surface area (Å²) in [4.78, 5) is 0. The van der Waals surface area contributed by atoms with Crippen molar-refractivity contribution in [2.45, 2.75) is 20.0 Å². The molecule has 0 N–H and O–H groups in total. The molecular formula is C7H11ClN2OS. The first-order valence-electron chi connectivity index (χ1n) is 3.81. The Morgan fingerprint density at radius 3 is 2.83 bits per heavy atom. The molecule has 1 aromatic heterocycles. The van der Waals surface area contributed by atoms with Crippen LogP contribution in [0.25, 0.3) is 0 Å². The molecule has 0 radical (unpaired) electrons. The molecule has 0 atom stereocenters. The summed E-state index contributed by atoms with van der Waals surface area (Å²) in [6, 6.07) is 0. The maximum atomic E-state index is 5.56. The van der Waals surface area contributed by atoms with Gasteiger partial charge in [0.15, 0.2) is 0 Å². The van der Waals surface area contributed by atoms with Crippen LogP contribution in [0.3, 0.4) is 0 Å². The van der Waals surface area contributed by atoms with Gasteiger partial charge in [-0.25, -0.2) is 0 Å². The Morgan fingerprint density at radius 1 is 1.42 bits per heavy atom. The molecule has 0 saturated heterocycles. The Balaban J connectivity index is 2.41. The highest BCUT2D eigenvalue weighted by Gasteiger charge is 2.02. The zero-order valence-electron chi connectivity index (χ0n) is 6.92. The fourth-order valence-corrected chi connectivity index (χ4v) is 1.79. The summed E-state index contributed by atoms with van der Waals surface area (Å²) < 4.78 is 5.19. The average molecular weight is 207 g/mol. The van der Waals surface area contributed by atoms with Crippen molar-refractivity contribution >= 4 is 22.9 Å². The first-order valence-corrected chi connectivity index (χ1v) is 5.17. The number of hydrogen-bond donors (Lipinski definition) is 0. The molecule has 1 aromatic rings. The van der Waals surface area contributed by atoms with Crippen LogP contribution in [0.2, 0.25) is 0 Å². The summed E-state index contributed by atoms with van der Waals surface area (Å²) in [5, 5.41) is 9.83. The quantitative estimate of drug-likeness (QED) is 0.690. The van der Waals surface area contributed by atoms with Crippen molar-refractivity contribution in [2.75, 3.05) is 12.5 Å². The Morgan fingerprint density at radius 2 is 2.17 bits per heavy atom. The first kappa shape index (κ1) is 9.89. The second-order valence-corrected chi connectivity index (χ2v) is 3.69. The van der Waals surface area contributed by atoms with E-state index in [1.165, 1.54) is 0 Å². The molecule has 0 aliphatic carbocycles. The topological polar surface area (TPSA) is 35.0 Å². The minimum absolute atomic E-state index is 0.566. The molecular weight excluding hydrogens is 196 g/mol. The van der Waals surface area contributed by atoms with E-state index in [0.29, 0.717) is 19.1 Å². The summed E-state index contributed by atoms with van der Waals surface area (Å²) >= 11 is 7.12. The zero-order chi connectivity index (χ0) is 8.81. The molecule has 3 nitrogen and oxygen atoms in total.